The second-order valence-electron chi connectivity index (χ2n) is 7.67. The van der Waals surface area contributed by atoms with E-state index in [0.717, 1.165) is 29.0 Å². The zero-order valence-corrected chi connectivity index (χ0v) is 18.8. The summed E-state index contributed by atoms with van der Waals surface area (Å²) in [5.41, 5.74) is 7.49. The van der Waals surface area contributed by atoms with Crippen LogP contribution in [0.2, 0.25) is 0 Å². The number of hydrogen-bond acceptors (Lipinski definition) is 1. The first-order valence-corrected chi connectivity index (χ1v) is 11.1. The summed E-state index contributed by atoms with van der Waals surface area (Å²) in [5, 5.41) is 8.86. The fraction of sp³-hybridized carbons (Fsp3) is 0.519. The lowest BCUT2D eigenvalue weighted by atomic mass is 9.81. The van der Waals surface area contributed by atoms with Crippen LogP contribution in [0.15, 0.2) is 53.6 Å². The standard InChI is InChI=1S/C25H33N.C2H6/c1-5-9-19(2)25(20(3)18-23-10-7-6-8-11-23)21(4)24-14-12-22(13-15-24)16-17-26;1-2/h9,12-15,23H,4-8,10-11,16,18H2,1-3H3;1-2H3/b19-9-,25-20-;. The quantitative estimate of drug-likeness (QED) is 0.437. The van der Waals surface area contributed by atoms with Crippen molar-refractivity contribution in [3.63, 3.8) is 0 Å². The molecule has 1 aliphatic carbocycles. The highest BCUT2D eigenvalue weighted by Crippen LogP contribution is 2.35. The molecule has 1 nitrogen and oxygen atoms in total. The molecule has 0 saturated heterocycles. The molecule has 28 heavy (non-hydrogen) atoms. The fourth-order valence-corrected chi connectivity index (χ4v) is 4.23. The van der Waals surface area contributed by atoms with Crippen LogP contribution in [-0.2, 0) is 6.42 Å². The Morgan fingerprint density at radius 1 is 1.11 bits per heavy atom. The topological polar surface area (TPSA) is 23.8 Å². The lowest BCUT2D eigenvalue weighted by molar-refractivity contribution is 0.355. The third-order valence-corrected chi connectivity index (χ3v) is 5.54. The molecule has 152 valence electrons. The summed E-state index contributed by atoms with van der Waals surface area (Å²) in [7, 11) is 0. The van der Waals surface area contributed by atoms with Crippen LogP contribution in [0.3, 0.4) is 0 Å². The monoisotopic (exact) mass is 377 g/mol. The van der Waals surface area contributed by atoms with Crippen molar-refractivity contribution in [2.45, 2.75) is 86.0 Å². The summed E-state index contributed by atoms with van der Waals surface area (Å²) < 4.78 is 0. The molecule has 2 rings (SSSR count). The van der Waals surface area contributed by atoms with Gasteiger partial charge in [0.05, 0.1) is 12.5 Å². The van der Waals surface area contributed by atoms with Crippen molar-refractivity contribution in [2.24, 2.45) is 5.92 Å². The Bertz CT molecular complexity index is 704. The molecular formula is C27H39N. The van der Waals surface area contributed by atoms with Crippen molar-refractivity contribution >= 4 is 5.57 Å². The van der Waals surface area contributed by atoms with Gasteiger partial charge in [0.15, 0.2) is 0 Å². The summed E-state index contributed by atoms with van der Waals surface area (Å²) in [6, 6.07) is 10.5. The summed E-state index contributed by atoms with van der Waals surface area (Å²) >= 11 is 0. The number of nitriles is 1. The molecule has 0 bridgehead atoms. The van der Waals surface area contributed by atoms with Gasteiger partial charge in [0, 0.05) is 0 Å². The Balaban J connectivity index is 0.00000190. The van der Waals surface area contributed by atoms with Crippen LogP contribution in [0, 0.1) is 17.2 Å². The van der Waals surface area contributed by atoms with Gasteiger partial charge in [0.2, 0.25) is 0 Å². The smallest absolute Gasteiger partial charge is 0.0669 e. The van der Waals surface area contributed by atoms with Gasteiger partial charge >= 0.3 is 0 Å². The second-order valence-corrected chi connectivity index (χ2v) is 7.67. The lowest BCUT2D eigenvalue weighted by Gasteiger charge is -2.24. The number of allylic oxidation sites excluding steroid dienone is 5. The summed E-state index contributed by atoms with van der Waals surface area (Å²) in [6.45, 7) is 15.2. The maximum absolute atomic E-state index is 8.86. The summed E-state index contributed by atoms with van der Waals surface area (Å²) in [6.07, 6.45) is 11.9. The molecule has 1 saturated carbocycles. The molecule has 0 atom stereocenters. The molecule has 1 fully saturated rings. The summed E-state index contributed by atoms with van der Waals surface area (Å²) in [5.74, 6) is 0.832. The molecule has 0 heterocycles. The van der Waals surface area contributed by atoms with Gasteiger partial charge in [-0.3, -0.25) is 0 Å². The molecule has 0 spiro atoms. The van der Waals surface area contributed by atoms with E-state index < -0.39 is 0 Å². The molecule has 0 aromatic heterocycles. The van der Waals surface area contributed by atoms with Gasteiger partial charge in [0.1, 0.15) is 0 Å². The molecule has 1 heteroatoms. The Hall–Kier alpha value is -2.07. The molecule has 1 aromatic carbocycles. The second kappa shape index (κ2) is 13.2. The molecular weight excluding hydrogens is 338 g/mol. The van der Waals surface area contributed by atoms with E-state index in [2.05, 4.69) is 63.8 Å². The van der Waals surface area contributed by atoms with Crippen LogP contribution in [-0.4, -0.2) is 0 Å². The largest absolute Gasteiger partial charge is 0.198 e. The van der Waals surface area contributed by atoms with E-state index in [0.29, 0.717) is 6.42 Å². The van der Waals surface area contributed by atoms with Gasteiger partial charge < -0.3 is 0 Å². The van der Waals surface area contributed by atoms with Crippen molar-refractivity contribution in [1.29, 1.82) is 5.26 Å². The van der Waals surface area contributed by atoms with Crippen molar-refractivity contribution in [2.75, 3.05) is 0 Å². The normalized spacial score (nSPS) is 15.8. The Morgan fingerprint density at radius 2 is 1.71 bits per heavy atom. The number of rotatable bonds is 7. The third-order valence-electron chi connectivity index (χ3n) is 5.54. The van der Waals surface area contributed by atoms with Gasteiger partial charge in [-0.05, 0) is 60.5 Å². The average Bonchev–Trinajstić information content (AvgIpc) is 2.71. The van der Waals surface area contributed by atoms with Gasteiger partial charge in [0.25, 0.3) is 0 Å². The van der Waals surface area contributed by atoms with Crippen LogP contribution < -0.4 is 0 Å². The number of benzene rings is 1. The van der Waals surface area contributed by atoms with E-state index in [9.17, 15) is 0 Å². The number of hydrogen-bond donors (Lipinski definition) is 0. The van der Waals surface area contributed by atoms with Crippen LogP contribution in [0.4, 0.5) is 0 Å². The van der Waals surface area contributed by atoms with Gasteiger partial charge in [-0.25, -0.2) is 0 Å². The highest BCUT2D eigenvalue weighted by molar-refractivity contribution is 5.82. The van der Waals surface area contributed by atoms with E-state index in [-0.39, 0.29) is 0 Å². The van der Waals surface area contributed by atoms with E-state index >= 15 is 0 Å². The van der Waals surface area contributed by atoms with Crippen LogP contribution in [0.1, 0.15) is 90.7 Å². The Kier molecular flexibility index (Phi) is 11.3. The van der Waals surface area contributed by atoms with Crippen LogP contribution in [0.5, 0.6) is 0 Å². The summed E-state index contributed by atoms with van der Waals surface area (Å²) in [4.78, 5) is 0. The first-order chi connectivity index (χ1) is 13.6. The first-order valence-electron chi connectivity index (χ1n) is 11.1. The predicted octanol–water partition coefficient (Wildman–Crippen LogP) is 8.44. The minimum Gasteiger partial charge on any atom is -0.198 e. The SMILES string of the molecule is C=C(C(/C(C)=C\CC)=C(/C)CC1CCCCC1)c1ccc(CC#N)cc1.CC. The zero-order chi connectivity index (χ0) is 20.9. The van der Waals surface area contributed by atoms with Crippen molar-refractivity contribution in [3.8, 4) is 6.07 Å². The minimum atomic E-state index is 0.463. The molecule has 1 aromatic rings. The lowest BCUT2D eigenvalue weighted by Crippen LogP contribution is -2.08. The molecule has 0 radical (unpaired) electrons. The van der Waals surface area contributed by atoms with Crippen LogP contribution in [0.25, 0.3) is 5.57 Å². The van der Waals surface area contributed by atoms with Gasteiger partial charge in [-0.15, -0.1) is 0 Å². The van der Waals surface area contributed by atoms with E-state index in [4.69, 9.17) is 5.26 Å². The van der Waals surface area contributed by atoms with Crippen LogP contribution >= 0.6 is 0 Å². The maximum Gasteiger partial charge on any atom is 0.0669 e. The average molecular weight is 378 g/mol. The Labute approximate surface area is 173 Å². The zero-order valence-electron chi connectivity index (χ0n) is 18.8. The maximum atomic E-state index is 8.86. The number of nitrogens with zero attached hydrogens (tertiary/aromatic N) is 1. The predicted molar refractivity (Wildman–Crippen MR) is 124 cm³/mol. The molecule has 0 N–H and O–H groups in total. The van der Waals surface area contributed by atoms with Crippen molar-refractivity contribution in [3.05, 3.63) is 64.8 Å². The van der Waals surface area contributed by atoms with Gasteiger partial charge in [-0.1, -0.05) is 95.4 Å². The minimum absolute atomic E-state index is 0.463. The van der Waals surface area contributed by atoms with E-state index in [1.807, 2.05) is 13.8 Å². The highest BCUT2D eigenvalue weighted by atomic mass is 14.2. The van der Waals surface area contributed by atoms with Crippen molar-refractivity contribution in [1.82, 2.24) is 0 Å². The first kappa shape index (κ1) is 24.0. The molecule has 0 unspecified atom stereocenters. The Morgan fingerprint density at radius 3 is 2.25 bits per heavy atom. The van der Waals surface area contributed by atoms with Gasteiger partial charge in [-0.2, -0.15) is 5.26 Å². The van der Waals surface area contributed by atoms with Crippen molar-refractivity contribution < 1.29 is 0 Å². The molecule has 1 aliphatic rings. The highest BCUT2D eigenvalue weighted by Gasteiger charge is 2.17. The van der Waals surface area contributed by atoms with E-state index in [1.165, 1.54) is 55.2 Å². The molecule has 0 amide bonds. The third kappa shape index (κ3) is 7.16. The molecule has 0 aliphatic heterocycles. The fourth-order valence-electron chi connectivity index (χ4n) is 4.23. The van der Waals surface area contributed by atoms with E-state index in [1.54, 1.807) is 0 Å².